The van der Waals surface area contributed by atoms with Crippen LogP contribution < -0.4 is 0 Å². The van der Waals surface area contributed by atoms with Gasteiger partial charge in [0.15, 0.2) is 0 Å². The van der Waals surface area contributed by atoms with Gasteiger partial charge in [-0.2, -0.15) is 0 Å². The van der Waals surface area contributed by atoms with E-state index in [0.717, 1.165) is 36.2 Å². The van der Waals surface area contributed by atoms with Crippen molar-refractivity contribution in [2.24, 2.45) is 21.3 Å². The predicted molar refractivity (Wildman–Crippen MR) is 178 cm³/mol. The lowest BCUT2D eigenvalue weighted by Crippen LogP contribution is -2.30. The standard InChI is InChI=1S/C39H41N3/c1-40-37(28-38(31-14-7-3-8-15-31)42-29-30-12-5-2-6-13-30)33-19-23-35(24-20-33)39(25-9-4-10-26-39)34-21-17-32(18-22-34)36-16-11-27-41-36/h2-3,5-8,11-17,19,21,23-24,27-28,33,41H,1,4,9-10,18,20,22,25-26,29H2/b37-28-,42-38+. The molecule has 3 aliphatic carbocycles. The van der Waals surface area contributed by atoms with E-state index >= 15 is 0 Å². The molecule has 1 aromatic heterocycles. The van der Waals surface area contributed by atoms with E-state index in [-0.39, 0.29) is 11.3 Å². The molecular formula is C39H41N3. The minimum absolute atomic E-state index is 0.162. The Hall–Kier alpha value is -4.24. The van der Waals surface area contributed by atoms with Gasteiger partial charge in [0, 0.05) is 28.9 Å². The SMILES string of the molecule is C=N/C(=C\C(=N/Cc1ccccc1)c1ccccc1)C1C=CC(C2(C3=CC=C(c4ccc[nH]4)CC3)CCCCC2)=CC1. The molecular weight excluding hydrogens is 510 g/mol. The third-order valence-corrected chi connectivity index (χ3v) is 9.26. The number of hydrogen-bond acceptors (Lipinski definition) is 2. The maximum Gasteiger partial charge on any atom is 0.0669 e. The van der Waals surface area contributed by atoms with Crippen LogP contribution in [0.25, 0.3) is 5.57 Å². The molecule has 1 fully saturated rings. The zero-order chi connectivity index (χ0) is 28.6. The Morgan fingerprint density at radius 3 is 2.33 bits per heavy atom. The maximum absolute atomic E-state index is 5.03. The predicted octanol–water partition coefficient (Wildman–Crippen LogP) is 9.85. The van der Waals surface area contributed by atoms with E-state index in [1.165, 1.54) is 54.5 Å². The second kappa shape index (κ2) is 13.2. The first-order valence-electron chi connectivity index (χ1n) is 15.5. The monoisotopic (exact) mass is 551 g/mol. The number of nitrogens with zero attached hydrogens (tertiary/aromatic N) is 2. The number of aliphatic imine (C=N–C) groups is 2. The van der Waals surface area contributed by atoms with Crippen molar-refractivity contribution < 1.29 is 0 Å². The summed E-state index contributed by atoms with van der Waals surface area (Å²) in [5, 5.41) is 0. The highest BCUT2D eigenvalue weighted by atomic mass is 14.8. The van der Waals surface area contributed by atoms with E-state index in [1.54, 1.807) is 5.57 Å². The molecule has 0 saturated heterocycles. The minimum Gasteiger partial charge on any atom is -0.361 e. The van der Waals surface area contributed by atoms with Crippen molar-refractivity contribution >= 4 is 18.0 Å². The van der Waals surface area contributed by atoms with Gasteiger partial charge >= 0.3 is 0 Å². The summed E-state index contributed by atoms with van der Waals surface area (Å²) in [6.07, 6.45) is 25.9. The van der Waals surface area contributed by atoms with E-state index in [2.05, 4.69) is 114 Å². The van der Waals surface area contributed by atoms with Gasteiger partial charge in [-0.25, -0.2) is 0 Å². The third-order valence-electron chi connectivity index (χ3n) is 9.26. The Kier molecular flexibility index (Phi) is 8.75. The molecule has 0 aliphatic heterocycles. The molecule has 3 nitrogen and oxygen atoms in total. The number of H-pyrrole nitrogens is 1. The smallest absolute Gasteiger partial charge is 0.0669 e. The Bertz CT molecular complexity index is 1540. The molecule has 1 N–H and O–H groups in total. The zero-order valence-electron chi connectivity index (χ0n) is 24.5. The molecule has 1 atom stereocenters. The first-order valence-corrected chi connectivity index (χ1v) is 15.5. The highest BCUT2D eigenvalue weighted by molar-refractivity contribution is 6.09. The van der Waals surface area contributed by atoms with Crippen LogP contribution in [0, 0.1) is 11.3 Å². The van der Waals surface area contributed by atoms with E-state index in [1.807, 2.05) is 18.3 Å². The molecule has 3 heteroatoms. The van der Waals surface area contributed by atoms with Crippen LogP contribution in [-0.2, 0) is 6.54 Å². The third kappa shape index (κ3) is 6.16. The topological polar surface area (TPSA) is 40.5 Å². The number of rotatable bonds is 9. The summed E-state index contributed by atoms with van der Waals surface area (Å²) in [4.78, 5) is 13.0. The van der Waals surface area contributed by atoms with Crippen molar-refractivity contribution in [3.8, 4) is 0 Å². The average Bonchev–Trinajstić information content (AvgIpc) is 3.62. The Morgan fingerprint density at radius 2 is 1.69 bits per heavy atom. The van der Waals surface area contributed by atoms with Crippen molar-refractivity contribution in [1.82, 2.24) is 4.98 Å². The molecule has 1 heterocycles. The summed E-state index contributed by atoms with van der Waals surface area (Å²) in [7, 11) is 0. The van der Waals surface area contributed by atoms with Crippen molar-refractivity contribution in [3.63, 3.8) is 0 Å². The fraction of sp³-hybridized carbons (Fsp3) is 0.282. The van der Waals surface area contributed by atoms with Crippen LogP contribution >= 0.6 is 0 Å². The first kappa shape index (κ1) is 27.9. The van der Waals surface area contributed by atoms with Gasteiger partial charge < -0.3 is 4.98 Å². The van der Waals surface area contributed by atoms with Gasteiger partial charge in [-0.1, -0.05) is 116 Å². The normalized spacial score (nSPS) is 20.9. The molecule has 1 unspecified atom stereocenters. The summed E-state index contributed by atoms with van der Waals surface area (Å²) in [6, 6.07) is 25.1. The van der Waals surface area contributed by atoms with Crippen LogP contribution in [0.15, 0.2) is 142 Å². The van der Waals surface area contributed by atoms with Crippen molar-refractivity contribution in [2.75, 3.05) is 0 Å². The summed E-state index contributed by atoms with van der Waals surface area (Å²) in [6.45, 7) is 4.61. The molecule has 3 aliphatic rings. The second-order valence-corrected chi connectivity index (χ2v) is 11.8. The molecule has 42 heavy (non-hydrogen) atoms. The van der Waals surface area contributed by atoms with E-state index in [9.17, 15) is 0 Å². The molecule has 3 aromatic rings. The molecule has 2 aromatic carbocycles. The summed E-state index contributed by atoms with van der Waals surface area (Å²) < 4.78 is 0. The number of nitrogens with one attached hydrogen (secondary N) is 1. The largest absolute Gasteiger partial charge is 0.361 e. The molecule has 0 radical (unpaired) electrons. The molecule has 1 saturated carbocycles. The lowest BCUT2D eigenvalue weighted by molar-refractivity contribution is 0.285. The maximum atomic E-state index is 5.03. The van der Waals surface area contributed by atoms with Crippen LogP contribution in [0.1, 0.15) is 68.2 Å². The molecule has 6 rings (SSSR count). The van der Waals surface area contributed by atoms with Crippen molar-refractivity contribution in [1.29, 1.82) is 0 Å². The van der Waals surface area contributed by atoms with Crippen LogP contribution in [0.5, 0.6) is 0 Å². The van der Waals surface area contributed by atoms with E-state index in [0.29, 0.717) is 6.54 Å². The number of aromatic amines is 1. The first-order chi connectivity index (χ1) is 20.7. The lowest BCUT2D eigenvalue weighted by Gasteiger charge is -2.43. The van der Waals surface area contributed by atoms with Gasteiger partial charge in [-0.05, 0) is 79.3 Å². The zero-order valence-corrected chi connectivity index (χ0v) is 24.5. The summed E-state index contributed by atoms with van der Waals surface area (Å²) >= 11 is 0. The van der Waals surface area contributed by atoms with Crippen LogP contribution in [0.4, 0.5) is 0 Å². The molecule has 0 bridgehead atoms. The van der Waals surface area contributed by atoms with Gasteiger partial charge in [0.25, 0.3) is 0 Å². The van der Waals surface area contributed by atoms with Crippen LogP contribution in [-0.4, -0.2) is 17.4 Å². The van der Waals surface area contributed by atoms with E-state index in [4.69, 9.17) is 4.99 Å². The molecule has 0 amide bonds. The van der Waals surface area contributed by atoms with Crippen molar-refractivity contribution in [3.05, 3.63) is 149 Å². The number of aromatic nitrogens is 1. The lowest BCUT2D eigenvalue weighted by atomic mass is 9.61. The fourth-order valence-electron chi connectivity index (χ4n) is 6.93. The van der Waals surface area contributed by atoms with Gasteiger partial charge in [0.05, 0.1) is 12.3 Å². The molecule has 212 valence electrons. The second-order valence-electron chi connectivity index (χ2n) is 11.8. The number of benzene rings is 2. The summed E-state index contributed by atoms with van der Waals surface area (Å²) in [5.74, 6) is 0.192. The van der Waals surface area contributed by atoms with Gasteiger partial charge in [0.1, 0.15) is 0 Å². The Morgan fingerprint density at radius 1 is 0.905 bits per heavy atom. The van der Waals surface area contributed by atoms with Gasteiger partial charge in [-0.15, -0.1) is 0 Å². The average molecular weight is 552 g/mol. The highest BCUT2D eigenvalue weighted by Crippen LogP contribution is 2.52. The van der Waals surface area contributed by atoms with E-state index < -0.39 is 0 Å². The number of allylic oxidation sites excluding steroid dienone is 9. The van der Waals surface area contributed by atoms with Crippen LogP contribution in [0.3, 0.4) is 0 Å². The fourth-order valence-corrected chi connectivity index (χ4v) is 6.93. The van der Waals surface area contributed by atoms with Crippen LogP contribution in [0.2, 0.25) is 0 Å². The Labute approximate surface area is 250 Å². The number of hydrogen-bond donors (Lipinski definition) is 1. The van der Waals surface area contributed by atoms with Crippen molar-refractivity contribution in [2.45, 2.75) is 57.9 Å². The minimum atomic E-state index is 0.162. The Balaban J connectivity index is 1.25. The summed E-state index contributed by atoms with van der Waals surface area (Å²) in [5.41, 5.74) is 10.2. The van der Waals surface area contributed by atoms with Gasteiger partial charge in [0.2, 0.25) is 0 Å². The highest BCUT2D eigenvalue weighted by Gasteiger charge is 2.39. The van der Waals surface area contributed by atoms with Gasteiger partial charge in [-0.3, -0.25) is 9.98 Å². The molecule has 0 spiro atoms. The quantitative estimate of drug-likeness (QED) is 0.257.